The second-order valence-electron chi connectivity index (χ2n) is 5.00. The monoisotopic (exact) mass is 263 g/mol. The first kappa shape index (κ1) is 15.7. The molecule has 0 radical (unpaired) electrons. The number of carbonyl (C=O) groups excluding carboxylic acids is 2. The minimum atomic E-state index is 0.0961. The van der Waals surface area contributed by atoms with Gasteiger partial charge in [0.15, 0.2) is 5.78 Å². The molecular formula is C16H25NO2. The second-order valence-corrected chi connectivity index (χ2v) is 5.00. The van der Waals surface area contributed by atoms with Gasteiger partial charge in [-0.3, -0.25) is 9.59 Å². The van der Waals surface area contributed by atoms with Gasteiger partial charge in [-0.2, -0.15) is 0 Å². The topological polar surface area (TPSA) is 37.4 Å². The van der Waals surface area contributed by atoms with Crippen LogP contribution in [0.3, 0.4) is 0 Å². The minimum Gasteiger partial charge on any atom is -0.333 e. The van der Waals surface area contributed by atoms with Gasteiger partial charge in [0.2, 0.25) is 5.91 Å². The highest BCUT2D eigenvalue weighted by Crippen LogP contribution is 2.19. The summed E-state index contributed by atoms with van der Waals surface area (Å²) in [6.07, 6.45) is 12.7. The summed E-state index contributed by atoms with van der Waals surface area (Å²) in [5.41, 5.74) is 0. The lowest BCUT2D eigenvalue weighted by Crippen LogP contribution is -2.31. The van der Waals surface area contributed by atoms with Crippen LogP contribution in [-0.4, -0.2) is 29.2 Å². The van der Waals surface area contributed by atoms with Gasteiger partial charge < -0.3 is 4.90 Å². The van der Waals surface area contributed by atoms with Crippen molar-refractivity contribution in [3.63, 3.8) is 0 Å². The Morgan fingerprint density at radius 3 is 2.89 bits per heavy atom. The summed E-state index contributed by atoms with van der Waals surface area (Å²) in [7, 11) is 0. The van der Waals surface area contributed by atoms with Gasteiger partial charge in [-0.1, -0.05) is 38.0 Å². The van der Waals surface area contributed by atoms with E-state index in [1.54, 1.807) is 6.08 Å². The maximum absolute atomic E-state index is 11.7. The van der Waals surface area contributed by atoms with E-state index in [1.807, 2.05) is 30.1 Å². The van der Waals surface area contributed by atoms with Crippen molar-refractivity contribution in [2.75, 3.05) is 6.54 Å². The molecule has 0 bridgehead atoms. The molecule has 3 heteroatoms. The molecule has 106 valence electrons. The van der Waals surface area contributed by atoms with E-state index < -0.39 is 0 Å². The SMILES string of the molecule is C/C=C\CN1C(=O)CC[C@@H]1/C=C/C(=O)CCCCC. The molecule has 0 aromatic rings. The normalized spacial score (nSPS) is 20.0. The fourth-order valence-electron chi connectivity index (χ4n) is 2.26. The fourth-order valence-corrected chi connectivity index (χ4v) is 2.26. The minimum absolute atomic E-state index is 0.0961. The molecule has 0 unspecified atom stereocenters. The quantitative estimate of drug-likeness (QED) is 0.383. The molecule has 1 saturated heterocycles. The molecule has 1 amide bonds. The number of hydrogen-bond donors (Lipinski definition) is 0. The Balaban J connectivity index is 2.45. The van der Waals surface area contributed by atoms with E-state index in [2.05, 4.69) is 6.92 Å². The molecule has 1 aliphatic rings. The highest BCUT2D eigenvalue weighted by atomic mass is 16.2. The van der Waals surface area contributed by atoms with Crippen molar-refractivity contribution in [3.05, 3.63) is 24.3 Å². The summed E-state index contributed by atoms with van der Waals surface area (Å²) in [6, 6.07) is 0.0961. The molecule has 1 fully saturated rings. The van der Waals surface area contributed by atoms with Gasteiger partial charge >= 0.3 is 0 Å². The maximum Gasteiger partial charge on any atom is 0.223 e. The molecule has 1 aliphatic heterocycles. The van der Waals surface area contributed by atoms with Gasteiger partial charge in [0.05, 0.1) is 6.04 Å². The largest absolute Gasteiger partial charge is 0.333 e. The van der Waals surface area contributed by atoms with Gasteiger partial charge in [0, 0.05) is 19.4 Å². The molecule has 3 nitrogen and oxygen atoms in total. The predicted molar refractivity (Wildman–Crippen MR) is 77.8 cm³/mol. The number of nitrogens with zero attached hydrogens (tertiary/aromatic N) is 1. The third kappa shape index (κ3) is 5.41. The lowest BCUT2D eigenvalue weighted by molar-refractivity contribution is -0.128. The Hall–Kier alpha value is -1.38. The van der Waals surface area contributed by atoms with Crippen LogP contribution in [0, 0.1) is 0 Å². The third-order valence-corrected chi connectivity index (χ3v) is 3.44. The van der Waals surface area contributed by atoms with E-state index in [-0.39, 0.29) is 17.7 Å². The lowest BCUT2D eigenvalue weighted by Gasteiger charge is -2.20. The summed E-state index contributed by atoms with van der Waals surface area (Å²) in [5.74, 6) is 0.366. The van der Waals surface area contributed by atoms with Crippen molar-refractivity contribution in [2.45, 2.75) is 58.4 Å². The van der Waals surface area contributed by atoms with E-state index in [1.165, 1.54) is 0 Å². The number of unbranched alkanes of at least 4 members (excludes halogenated alkanes) is 2. The Morgan fingerprint density at radius 1 is 1.42 bits per heavy atom. The van der Waals surface area contributed by atoms with Crippen molar-refractivity contribution in [2.24, 2.45) is 0 Å². The average Bonchev–Trinajstić information content (AvgIpc) is 2.75. The van der Waals surface area contributed by atoms with Gasteiger partial charge in [-0.05, 0) is 25.8 Å². The molecule has 0 aromatic heterocycles. The summed E-state index contributed by atoms with van der Waals surface area (Å²) >= 11 is 0. The van der Waals surface area contributed by atoms with Crippen LogP contribution < -0.4 is 0 Å². The maximum atomic E-state index is 11.7. The summed E-state index contributed by atoms with van der Waals surface area (Å²) in [6.45, 7) is 4.72. The average molecular weight is 263 g/mol. The Morgan fingerprint density at radius 2 is 2.21 bits per heavy atom. The summed E-state index contributed by atoms with van der Waals surface area (Å²) in [4.78, 5) is 25.2. The number of amides is 1. The van der Waals surface area contributed by atoms with Gasteiger partial charge in [0.25, 0.3) is 0 Å². The number of likely N-dealkylation sites (tertiary alicyclic amines) is 1. The first-order chi connectivity index (χ1) is 9.19. The predicted octanol–water partition coefficient (Wildman–Crippen LogP) is 3.26. The van der Waals surface area contributed by atoms with E-state index in [0.717, 1.165) is 25.7 Å². The standard InChI is InChI=1S/C16H25NO2/c1-3-5-7-8-15(18)11-9-14-10-12-16(19)17(14)13-6-4-2/h4,6,9,11,14H,3,5,7-8,10,12-13H2,1-2H3/b6-4-,11-9+/t14-/m0/s1. The Bertz CT molecular complexity index is 358. The molecule has 0 saturated carbocycles. The first-order valence-corrected chi connectivity index (χ1v) is 7.30. The second kappa shape index (κ2) is 8.68. The van der Waals surface area contributed by atoms with Crippen LogP contribution in [0.2, 0.25) is 0 Å². The molecule has 1 heterocycles. The molecular weight excluding hydrogens is 238 g/mol. The molecule has 19 heavy (non-hydrogen) atoms. The smallest absolute Gasteiger partial charge is 0.223 e. The fraction of sp³-hybridized carbons (Fsp3) is 0.625. The molecule has 0 aromatic carbocycles. The van der Waals surface area contributed by atoms with E-state index in [4.69, 9.17) is 0 Å². The summed E-state index contributed by atoms with van der Waals surface area (Å²) < 4.78 is 0. The lowest BCUT2D eigenvalue weighted by atomic mass is 10.1. The number of carbonyl (C=O) groups is 2. The van der Waals surface area contributed by atoms with Crippen molar-refractivity contribution in [3.8, 4) is 0 Å². The molecule has 0 aliphatic carbocycles. The van der Waals surface area contributed by atoms with Crippen LogP contribution in [0.25, 0.3) is 0 Å². The number of allylic oxidation sites excluding steroid dienone is 2. The van der Waals surface area contributed by atoms with Crippen LogP contribution in [0.5, 0.6) is 0 Å². The van der Waals surface area contributed by atoms with Crippen LogP contribution in [0.15, 0.2) is 24.3 Å². The van der Waals surface area contributed by atoms with Crippen molar-refractivity contribution < 1.29 is 9.59 Å². The Labute approximate surface area is 116 Å². The zero-order valence-electron chi connectivity index (χ0n) is 12.1. The zero-order chi connectivity index (χ0) is 14.1. The highest BCUT2D eigenvalue weighted by molar-refractivity contribution is 5.90. The molecule has 0 spiro atoms. The van der Waals surface area contributed by atoms with Crippen LogP contribution in [-0.2, 0) is 9.59 Å². The van der Waals surface area contributed by atoms with Crippen molar-refractivity contribution >= 4 is 11.7 Å². The highest BCUT2D eigenvalue weighted by Gasteiger charge is 2.27. The Kier molecular flexibility index (Phi) is 7.16. The van der Waals surface area contributed by atoms with Gasteiger partial charge in [-0.15, -0.1) is 0 Å². The molecule has 1 atom stereocenters. The van der Waals surface area contributed by atoms with E-state index in [0.29, 0.717) is 19.4 Å². The third-order valence-electron chi connectivity index (χ3n) is 3.44. The van der Waals surface area contributed by atoms with Crippen LogP contribution in [0.1, 0.15) is 52.4 Å². The van der Waals surface area contributed by atoms with E-state index >= 15 is 0 Å². The van der Waals surface area contributed by atoms with Crippen molar-refractivity contribution in [1.82, 2.24) is 4.90 Å². The number of ketones is 1. The molecule has 1 rings (SSSR count). The van der Waals surface area contributed by atoms with Crippen LogP contribution in [0.4, 0.5) is 0 Å². The molecule has 0 N–H and O–H groups in total. The van der Waals surface area contributed by atoms with Gasteiger partial charge in [-0.25, -0.2) is 0 Å². The van der Waals surface area contributed by atoms with E-state index in [9.17, 15) is 9.59 Å². The first-order valence-electron chi connectivity index (χ1n) is 7.30. The summed E-state index contributed by atoms with van der Waals surface area (Å²) in [5, 5.41) is 0. The number of rotatable bonds is 8. The van der Waals surface area contributed by atoms with Crippen molar-refractivity contribution in [1.29, 1.82) is 0 Å². The number of hydrogen-bond acceptors (Lipinski definition) is 2. The zero-order valence-corrected chi connectivity index (χ0v) is 12.1. The van der Waals surface area contributed by atoms with Gasteiger partial charge in [0.1, 0.15) is 0 Å². The van der Waals surface area contributed by atoms with Crippen LogP contribution >= 0.6 is 0 Å².